The summed E-state index contributed by atoms with van der Waals surface area (Å²) in [5.74, 6) is -0.376. The van der Waals surface area contributed by atoms with E-state index in [1.54, 1.807) is 0 Å². The fourth-order valence-electron chi connectivity index (χ4n) is 2.39. The van der Waals surface area contributed by atoms with E-state index < -0.39 is 12.1 Å². The summed E-state index contributed by atoms with van der Waals surface area (Å²) in [5, 5.41) is 2.77. The van der Waals surface area contributed by atoms with Gasteiger partial charge >= 0.3 is 0 Å². The van der Waals surface area contributed by atoms with Crippen molar-refractivity contribution in [2.75, 3.05) is 0 Å². The van der Waals surface area contributed by atoms with E-state index in [0.29, 0.717) is 12.8 Å². The third kappa shape index (κ3) is 5.34. The summed E-state index contributed by atoms with van der Waals surface area (Å²) in [6.07, 6.45) is 0.919. The van der Waals surface area contributed by atoms with Gasteiger partial charge in [0.1, 0.15) is 0 Å². The zero-order chi connectivity index (χ0) is 16.7. The molecular weight excluding hydrogens is 288 g/mol. The van der Waals surface area contributed by atoms with E-state index in [-0.39, 0.29) is 11.7 Å². The minimum atomic E-state index is -0.671. The van der Waals surface area contributed by atoms with Crippen LogP contribution in [0.2, 0.25) is 0 Å². The van der Waals surface area contributed by atoms with Gasteiger partial charge in [-0.05, 0) is 30.9 Å². The summed E-state index contributed by atoms with van der Waals surface area (Å²) in [6.45, 7) is 1.48. The average molecular weight is 310 g/mol. The first kappa shape index (κ1) is 16.9. The van der Waals surface area contributed by atoms with E-state index in [1.807, 2.05) is 60.7 Å². The molecule has 0 aliphatic carbocycles. The summed E-state index contributed by atoms with van der Waals surface area (Å²) in [4.78, 5) is 24.1. The molecule has 23 heavy (non-hydrogen) atoms. The van der Waals surface area contributed by atoms with Crippen molar-refractivity contribution in [2.24, 2.45) is 5.73 Å². The maximum atomic E-state index is 12.3. The molecular formula is C19H22N2O2. The summed E-state index contributed by atoms with van der Waals surface area (Å²) in [7, 11) is 0. The van der Waals surface area contributed by atoms with Crippen LogP contribution in [-0.2, 0) is 22.4 Å². The molecule has 2 aromatic rings. The molecule has 0 spiro atoms. The van der Waals surface area contributed by atoms with Crippen LogP contribution in [0, 0.1) is 0 Å². The molecule has 0 heterocycles. The van der Waals surface area contributed by atoms with Crippen LogP contribution in [0.15, 0.2) is 60.7 Å². The summed E-state index contributed by atoms with van der Waals surface area (Å²) < 4.78 is 0. The molecule has 0 fully saturated rings. The molecule has 4 heteroatoms. The number of amides is 1. The highest BCUT2D eigenvalue weighted by Crippen LogP contribution is 2.06. The normalized spacial score (nSPS) is 13.1. The van der Waals surface area contributed by atoms with Crippen LogP contribution in [0.25, 0.3) is 0 Å². The molecule has 0 bridgehead atoms. The second-order valence-corrected chi connectivity index (χ2v) is 5.66. The van der Waals surface area contributed by atoms with Gasteiger partial charge in [0.05, 0.1) is 12.1 Å². The third-order valence-corrected chi connectivity index (χ3v) is 3.73. The first-order valence-electron chi connectivity index (χ1n) is 7.70. The summed E-state index contributed by atoms with van der Waals surface area (Å²) in [6, 6.07) is 18.0. The predicted octanol–water partition coefficient (Wildman–Crippen LogP) is 1.87. The van der Waals surface area contributed by atoms with E-state index in [0.717, 1.165) is 11.1 Å². The minimum absolute atomic E-state index is 0.0749. The molecule has 1 amide bonds. The molecule has 2 atom stereocenters. The number of hydrogen-bond acceptors (Lipinski definition) is 3. The van der Waals surface area contributed by atoms with Gasteiger partial charge in [-0.3, -0.25) is 9.59 Å². The molecule has 0 saturated carbocycles. The van der Waals surface area contributed by atoms with E-state index in [4.69, 9.17) is 5.73 Å². The number of nitrogens with two attached hydrogens (primary N) is 1. The van der Waals surface area contributed by atoms with Gasteiger partial charge in [0.2, 0.25) is 5.91 Å². The van der Waals surface area contributed by atoms with Crippen molar-refractivity contribution in [3.63, 3.8) is 0 Å². The molecule has 0 aliphatic rings. The van der Waals surface area contributed by atoms with Crippen molar-refractivity contribution in [3.05, 3.63) is 71.8 Å². The quantitative estimate of drug-likeness (QED) is 0.820. The Morgan fingerprint density at radius 3 is 1.87 bits per heavy atom. The van der Waals surface area contributed by atoms with Crippen LogP contribution in [0.1, 0.15) is 18.1 Å². The molecule has 0 saturated heterocycles. The Hall–Kier alpha value is -2.46. The first-order chi connectivity index (χ1) is 11.1. The van der Waals surface area contributed by atoms with Crippen LogP contribution in [-0.4, -0.2) is 23.8 Å². The van der Waals surface area contributed by atoms with Crippen LogP contribution < -0.4 is 11.1 Å². The summed E-state index contributed by atoms with van der Waals surface area (Å²) in [5.41, 5.74) is 7.97. The Balaban J connectivity index is 1.96. The molecule has 0 aromatic heterocycles. The predicted molar refractivity (Wildman–Crippen MR) is 90.9 cm³/mol. The smallest absolute Gasteiger partial charge is 0.237 e. The highest BCUT2D eigenvalue weighted by Gasteiger charge is 2.21. The lowest BCUT2D eigenvalue weighted by molar-refractivity contribution is -0.127. The molecule has 3 N–H and O–H groups in total. The van der Waals surface area contributed by atoms with Gasteiger partial charge in [0, 0.05) is 0 Å². The minimum Gasteiger partial charge on any atom is -0.345 e. The Kier molecular flexibility index (Phi) is 6.06. The van der Waals surface area contributed by atoms with Crippen molar-refractivity contribution in [2.45, 2.75) is 31.8 Å². The van der Waals surface area contributed by atoms with E-state index >= 15 is 0 Å². The van der Waals surface area contributed by atoms with Gasteiger partial charge in [-0.1, -0.05) is 60.7 Å². The average Bonchev–Trinajstić information content (AvgIpc) is 2.56. The van der Waals surface area contributed by atoms with Crippen molar-refractivity contribution in [1.82, 2.24) is 5.32 Å². The monoisotopic (exact) mass is 310 g/mol. The van der Waals surface area contributed by atoms with Crippen molar-refractivity contribution < 1.29 is 9.59 Å². The van der Waals surface area contributed by atoms with Crippen molar-refractivity contribution in [3.8, 4) is 0 Å². The topological polar surface area (TPSA) is 72.2 Å². The molecule has 2 rings (SSSR count). The van der Waals surface area contributed by atoms with Gasteiger partial charge in [0.15, 0.2) is 5.78 Å². The van der Waals surface area contributed by atoms with Gasteiger partial charge in [-0.15, -0.1) is 0 Å². The fraction of sp³-hybridized carbons (Fsp3) is 0.263. The molecule has 2 aromatic carbocycles. The molecule has 0 radical (unpaired) electrons. The Morgan fingerprint density at radius 1 is 0.913 bits per heavy atom. The van der Waals surface area contributed by atoms with E-state index in [2.05, 4.69) is 5.32 Å². The van der Waals surface area contributed by atoms with E-state index in [9.17, 15) is 9.59 Å². The lowest BCUT2D eigenvalue weighted by Gasteiger charge is -2.19. The van der Waals surface area contributed by atoms with Crippen LogP contribution in [0.4, 0.5) is 0 Å². The lowest BCUT2D eigenvalue weighted by Crippen LogP contribution is -2.49. The number of nitrogens with one attached hydrogen (secondary N) is 1. The van der Waals surface area contributed by atoms with Crippen molar-refractivity contribution >= 4 is 11.7 Å². The Bertz CT molecular complexity index is 641. The Labute approximate surface area is 136 Å². The largest absolute Gasteiger partial charge is 0.345 e. The van der Waals surface area contributed by atoms with Gasteiger partial charge in [0.25, 0.3) is 0 Å². The lowest BCUT2D eigenvalue weighted by atomic mass is 10.0. The van der Waals surface area contributed by atoms with E-state index in [1.165, 1.54) is 6.92 Å². The number of carbonyl (C=O) groups is 2. The highest BCUT2D eigenvalue weighted by atomic mass is 16.2. The number of rotatable bonds is 7. The number of benzene rings is 2. The van der Waals surface area contributed by atoms with Gasteiger partial charge in [-0.2, -0.15) is 0 Å². The molecule has 120 valence electrons. The van der Waals surface area contributed by atoms with Crippen LogP contribution in [0.5, 0.6) is 0 Å². The number of hydrogen-bond donors (Lipinski definition) is 2. The first-order valence-corrected chi connectivity index (χ1v) is 7.70. The molecule has 4 nitrogen and oxygen atoms in total. The maximum Gasteiger partial charge on any atom is 0.237 e. The Morgan fingerprint density at radius 2 is 1.39 bits per heavy atom. The maximum absolute atomic E-state index is 12.3. The van der Waals surface area contributed by atoms with Crippen LogP contribution in [0.3, 0.4) is 0 Å². The van der Waals surface area contributed by atoms with Crippen LogP contribution >= 0.6 is 0 Å². The van der Waals surface area contributed by atoms with Gasteiger partial charge in [-0.25, -0.2) is 0 Å². The van der Waals surface area contributed by atoms with Gasteiger partial charge < -0.3 is 11.1 Å². The number of Topliss-reactive ketones (excluding diaryl/α,β-unsaturated/α-hetero) is 1. The zero-order valence-electron chi connectivity index (χ0n) is 13.2. The zero-order valence-corrected chi connectivity index (χ0v) is 13.2. The number of carbonyl (C=O) groups excluding carboxylic acids is 2. The van der Waals surface area contributed by atoms with Crippen molar-refractivity contribution in [1.29, 1.82) is 0 Å². The molecule has 0 aliphatic heterocycles. The number of ketones is 1. The standard InChI is InChI=1S/C19H22N2O2/c1-14(22)18(13-16-10-6-3-7-11-16)21-19(23)17(20)12-15-8-4-2-5-9-15/h2-11,17-18H,12-13,20H2,1H3,(H,21,23)/t17-,18?/m1/s1. The summed E-state index contributed by atoms with van der Waals surface area (Å²) >= 11 is 0. The highest BCUT2D eigenvalue weighted by molar-refractivity contribution is 5.89. The second kappa shape index (κ2) is 8.25. The fourth-order valence-corrected chi connectivity index (χ4v) is 2.39. The molecule has 1 unspecified atom stereocenters. The third-order valence-electron chi connectivity index (χ3n) is 3.73. The second-order valence-electron chi connectivity index (χ2n) is 5.66. The SMILES string of the molecule is CC(=O)C(Cc1ccccc1)NC(=O)[C@H](N)Cc1ccccc1.